The number of rotatable bonds is 8. The second-order valence-corrected chi connectivity index (χ2v) is 8.93. The summed E-state index contributed by atoms with van der Waals surface area (Å²) in [6, 6.07) is 14.7. The summed E-state index contributed by atoms with van der Waals surface area (Å²) in [4.78, 5) is 14.8. The molecule has 5 nitrogen and oxygen atoms in total. The average molecular weight is 389 g/mol. The van der Waals surface area contributed by atoms with Crippen LogP contribution in [0, 0.1) is 0 Å². The SMILES string of the molecule is CCc1ccc([C@H](CNC(=O)c2ccccc2S(=O)(=O)CC)N(C)C)cc1. The maximum Gasteiger partial charge on any atom is 0.252 e. The van der Waals surface area contributed by atoms with E-state index in [1.807, 2.05) is 19.0 Å². The molecule has 0 aromatic heterocycles. The van der Waals surface area contributed by atoms with Crippen LogP contribution in [0.3, 0.4) is 0 Å². The highest BCUT2D eigenvalue weighted by Gasteiger charge is 2.22. The number of nitrogens with zero attached hydrogens (tertiary/aromatic N) is 1. The van der Waals surface area contributed by atoms with Crippen molar-refractivity contribution in [1.82, 2.24) is 10.2 Å². The molecular formula is C21H28N2O3S. The number of benzene rings is 2. The molecule has 2 rings (SSSR count). The molecule has 1 atom stereocenters. The molecule has 27 heavy (non-hydrogen) atoms. The Morgan fingerprint density at radius 3 is 2.22 bits per heavy atom. The Morgan fingerprint density at radius 1 is 1.04 bits per heavy atom. The number of amides is 1. The molecule has 6 heteroatoms. The molecule has 0 unspecified atom stereocenters. The minimum absolute atomic E-state index is 0.00481. The van der Waals surface area contributed by atoms with Crippen molar-refractivity contribution in [3.63, 3.8) is 0 Å². The van der Waals surface area contributed by atoms with Crippen molar-refractivity contribution in [1.29, 1.82) is 0 Å². The maximum absolute atomic E-state index is 12.7. The van der Waals surface area contributed by atoms with Crippen molar-refractivity contribution in [3.8, 4) is 0 Å². The zero-order valence-corrected chi connectivity index (χ0v) is 17.2. The second-order valence-electron chi connectivity index (χ2n) is 6.68. The number of nitrogens with one attached hydrogen (secondary N) is 1. The Labute approximate surface area is 162 Å². The minimum Gasteiger partial charge on any atom is -0.350 e. The largest absolute Gasteiger partial charge is 0.350 e. The highest BCUT2D eigenvalue weighted by atomic mass is 32.2. The van der Waals surface area contributed by atoms with Gasteiger partial charge >= 0.3 is 0 Å². The van der Waals surface area contributed by atoms with Crippen LogP contribution >= 0.6 is 0 Å². The molecule has 2 aromatic rings. The van der Waals surface area contributed by atoms with Crippen molar-refractivity contribution in [2.75, 3.05) is 26.4 Å². The van der Waals surface area contributed by atoms with Crippen LogP contribution in [0.1, 0.15) is 41.4 Å². The van der Waals surface area contributed by atoms with Crippen molar-refractivity contribution in [2.24, 2.45) is 0 Å². The minimum atomic E-state index is -3.46. The quantitative estimate of drug-likeness (QED) is 0.755. The van der Waals surface area contributed by atoms with E-state index < -0.39 is 9.84 Å². The maximum atomic E-state index is 12.7. The Kier molecular flexibility index (Phi) is 7.16. The van der Waals surface area contributed by atoms with Crippen molar-refractivity contribution >= 4 is 15.7 Å². The van der Waals surface area contributed by atoms with Crippen molar-refractivity contribution in [3.05, 3.63) is 65.2 Å². The van der Waals surface area contributed by atoms with E-state index in [4.69, 9.17) is 0 Å². The summed E-state index contributed by atoms with van der Waals surface area (Å²) >= 11 is 0. The molecule has 0 aliphatic carbocycles. The zero-order chi connectivity index (χ0) is 20.0. The predicted octanol–water partition coefficient (Wildman–Crippen LogP) is 3.08. The van der Waals surface area contributed by atoms with Crippen LogP contribution < -0.4 is 5.32 Å². The van der Waals surface area contributed by atoms with E-state index in [1.165, 1.54) is 11.6 Å². The third-order valence-corrected chi connectivity index (χ3v) is 6.49. The summed E-state index contributed by atoms with van der Waals surface area (Å²) in [5.74, 6) is -0.416. The number of carbonyl (C=O) groups excluding carboxylic acids is 1. The van der Waals surface area contributed by atoms with Gasteiger partial charge in [-0.05, 0) is 43.8 Å². The molecule has 0 aliphatic heterocycles. The lowest BCUT2D eigenvalue weighted by Gasteiger charge is -2.25. The Morgan fingerprint density at radius 2 is 1.67 bits per heavy atom. The molecule has 0 fully saturated rings. The fourth-order valence-electron chi connectivity index (χ4n) is 2.94. The summed E-state index contributed by atoms with van der Waals surface area (Å²) in [6.07, 6.45) is 0.979. The summed E-state index contributed by atoms with van der Waals surface area (Å²) in [6.45, 7) is 4.07. The molecule has 0 saturated heterocycles. The molecule has 0 spiro atoms. The van der Waals surface area contributed by atoms with Gasteiger partial charge in [-0.1, -0.05) is 50.2 Å². The van der Waals surface area contributed by atoms with Crippen LogP contribution in [-0.4, -0.2) is 45.6 Å². The monoisotopic (exact) mass is 388 g/mol. The Balaban J connectivity index is 2.20. The van der Waals surface area contributed by atoms with Crippen LogP contribution in [0.25, 0.3) is 0 Å². The molecule has 0 radical (unpaired) electrons. The van der Waals surface area contributed by atoms with Crippen molar-refractivity contribution < 1.29 is 13.2 Å². The third-order valence-electron chi connectivity index (χ3n) is 4.70. The fourth-order valence-corrected chi connectivity index (χ4v) is 4.03. The van der Waals surface area contributed by atoms with Gasteiger partial charge in [-0.15, -0.1) is 0 Å². The van der Waals surface area contributed by atoms with Gasteiger partial charge in [0.2, 0.25) is 0 Å². The smallest absolute Gasteiger partial charge is 0.252 e. The van der Waals surface area contributed by atoms with Crippen molar-refractivity contribution in [2.45, 2.75) is 31.2 Å². The van der Waals surface area contributed by atoms with E-state index in [2.05, 4.69) is 36.5 Å². The number of hydrogen-bond acceptors (Lipinski definition) is 4. The van der Waals surface area contributed by atoms with E-state index in [0.29, 0.717) is 6.54 Å². The van der Waals surface area contributed by atoms with E-state index in [0.717, 1.165) is 12.0 Å². The van der Waals surface area contributed by atoms with E-state index in [-0.39, 0.29) is 28.2 Å². The van der Waals surface area contributed by atoms with Crippen LogP contribution in [0.5, 0.6) is 0 Å². The van der Waals surface area contributed by atoms with Gasteiger partial charge in [-0.3, -0.25) is 4.79 Å². The highest BCUT2D eigenvalue weighted by Crippen LogP contribution is 2.20. The topological polar surface area (TPSA) is 66.5 Å². The summed E-state index contributed by atoms with van der Waals surface area (Å²) in [7, 11) is 0.457. The summed E-state index contributed by atoms with van der Waals surface area (Å²) < 4.78 is 24.5. The number of carbonyl (C=O) groups is 1. The van der Waals surface area contributed by atoms with Gasteiger partial charge in [0.25, 0.3) is 5.91 Å². The molecule has 146 valence electrons. The van der Waals surface area contributed by atoms with Gasteiger partial charge in [0.1, 0.15) is 0 Å². The lowest BCUT2D eigenvalue weighted by atomic mass is 10.0. The van der Waals surface area contributed by atoms with Gasteiger partial charge < -0.3 is 10.2 Å². The number of hydrogen-bond donors (Lipinski definition) is 1. The first-order chi connectivity index (χ1) is 12.8. The van der Waals surface area contributed by atoms with Gasteiger partial charge in [-0.25, -0.2) is 8.42 Å². The number of likely N-dealkylation sites (N-methyl/N-ethyl adjacent to an activating group) is 1. The normalized spacial score (nSPS) is 12.8. The fraction of sp³-hybridized carbons (Fsp3) is 0.381. The molecule has 1 amide bonds. The Hall–Kier alpha value is -2.18. The first-order valence-corrected chi connectivity index (χ1v) is 10.8. The number of sulfone groups is 1. The molecule has 0 bridgehead atoms. The van der Waals surface area contributed by atoms with Gasteiger partial charge in [0.15, 0.2) is 9.84 Å². The molecule has 0 heterocycles. The third kappa shape index (κ3) is 5.17. The van der Waals surface area contributed by atoms with Crippen LogP contribution in [-0.2, 0) is 16.3 Å². The first kappa shape index (κ1) is 21.1. The molecule has 1 N–H and O–H groups in total. The van der Waals surface area contributed by atoms with E-state index in [9.17, 15) is 13.2 Å². The molecule has 0 aliphatic rings. The van der Waals surface area contributed by atoms with E-state index in [1.54, 1.807) is 25.1 Å². The van der Waals surface area contributed by atoms with Crippen LogP contribution in [0.15, 0.2) is 53.4 Å². The molecule has 0 saturated carbocycles. The molecular weight excluding hydrogens is 360 g/mol. The highest BCUT2D eigenvalue weighted by molar-refractivity contribution is 7.91. The van der Waals surface area contributed by atoms with Gasteiger partial charge in [0.05, 0.1) is 22.3 Å². The zero-order valence-electron chi connectivity index (χ0n) is 16.4. The molecule has 2 aromatic carbocycles. The van der Waals surface area contributed by atoms with Crippen LogP contribution in [0.4, 0.5) is 0 Å². The summed E-state index contributed by atoms with van der Waals surface area (Å²) in [5.41, 5.74) is 2.56. The van der Waals surface area contributed by atoms with Crippen LogP contribution in [0.2, 0.25) is 0 Å². The second kappa shape index (κ2) is 9.15. The standard InChI is InChI=1S/C21H28N2O3S/c1-5-16-11-13-17(14-12-16)19(23(3)4)15-22-21(24)18-9-7-8-10-20(18)27(25,26)6-2/h7-14,19H,5-6,15H2,1-4H3,(H,22,24)/t19-/m0/s1. The predicted molar refractivity (Wildman–Crippen MR) is 109 cm³/mol. The first-order valence-electron chi connectivity index (χ1n) is 9.15. The van der Waals surface area contributed by atoms with Gasteiger partial charge in [0, 0.05) is 6.54 Å². The lowest BCUT2D eigenvalue weighted by Crippen LogP contribution is -2.35. The van der Waals surface area contributed by atoms with Gasteiger partial charge in [-0.2, -0.15) is 0 Å². The lowest BCUT2D eigenvalue weighted by molar-refractivity contribution is 0.0938. The van der Waals surface area contributed by atoms with E-state index >= 15 is 0 Å². The summed E-state index contributed by atoms with van der Waals surface area (Å²) in [5, 5.41) is 2.90. The number of aryl methyl sites for hydroxylation is 1. The average Bonchev–Trinajstić information content (AvgIpc) is 2.68. The Bertz CT molecular complexity index is 875.